The normalized spacial score (nSPS) is 17.6. The summed E-state index contributed by atoms with van der Waals surface area (Å²) >= 11 is 0. The standard InChI is InChI=1S/C15H26N4/c1-3-14(16)15-7-6-13(12-17-15)18(2)10-11-19-8-4-5-9-19/h6-7,12,14H,3-5,8-11,16H2,1-2H3/t14-/m0/s1. The van der Waals surface area contributed by atoms with Crippen LogP contribution in [0, 0.1) is 0 Å². The zero-order chi connectivity index (χ0) is 13.7. The minimum atomic E-state index is 0.0592. The molecule has 2 heterocycles. The van der Waals surface area contributed by atoms with Gasteiger partial charge in [0.15, 0.2) is 0 Å². The van der Waals surface area contributed by atoms with Crippen LogP contribution in [-0.2, 0) is 0 Å². The fraction of sp³-hybridized carbons (Fsp3) is 0.667. The highest BCUT2D eigenvalue weighted by Crippen LogP contribution is 2.16. The summed E-state index contributed by atoms with van der Waals surface area (Å²) < 4.78 is 0. The molecule has 0 unspecified atom stereocenters. The van der Waals surface area contributed by atoms with Crippen LogP contribution in [0.5, 0.6) is 0 Å². The number of nitrogens with zero attached hydrogens (tertiary/aromatic N) is 3. The molecule has 1 aliphatic rings. The molecule has 0 aliphatic carbocycles. The number of rotatable bonds is 6. The highest BCUT2D eigenvalue weighted by atomic mass is 15.2. The van der Waals surface area contributed by atoms with Crippen molar-refractivity contribution in [1.82, 2.24) is 9.88 Å². The van der Waals surface area contributed by atoms with Crippen molar-refractivity contribution in [2.24, 2.45) is 5.73 Å². The van der Waals surface area contributed by atoms with E-state index in [9.17, 15) is 0 Å². The maximum atomic E-state index is 5.98. The van der Waals surface area contributed by atoms with E-state index < -0.39 is 0 Å². The molecule has 1 aromatic rings. The second-order valence-electron chi connectivity index (χ2n) is 5.43. The number of pyridine rings is 1. The Hall–Kier alpha value is -1.13. The Labute approximate surface area is 116 Å². The summed E-state index contributed by atoms with van der Waals surface area (Å²) in [5, 5.41) is 0. The largest absolute Gasteiger partial charge is 0.372 e. The molecule has 4 nitrogen and oxygen atoms in total. The van der Waals surface area contributed by atoms with Crippen LogP contribution in [0.1, 0.15) is 37.9 Å². The van der Waals surface area contributed by atoms with Gasteiger partial charge in [-0.05, 0) is 44.5 Å². The Kier molecular flexibility index (Phi) is 5.16. The van der Waals surface area contributed by atoms with E-state index in [0.29, 0.717) is 0 Å². The third-order valence-corrected chi connectivity index (χ3v) is 3.98. The number of hydrogen-bond acceptors (Lipinski definition) is 4. The topological polar surface area (TPSA) is 45.4 Å². The molecule has 1 aromatic heterocycles. The van der Waals surface area contributed by atoms with Gasteiger partial charge in [0.25, 0.3) is 0 Å². The number of nitrogens with two attached hydrogens (primary N) is 1. The molecule has 0 radical (unpaired) electrons. The second kappa shape index (κ2) is 6.87. The number of likely N-dealkylation sites (tertiary alicyclic amines) is 1. The highest BCUT2D eigenvalue weighted by molar-refractivity contribution is 5.43. The highest BCUT2D eigenvalue weighted by Gasteiger charge is 2.12. The van der Waals surface area contributed by atoms with E-state index in [4.69, 9.17) is 5.73 Å². The first-order valence-corrected chi connectivity index (χ1v) is 7.35. The molecule has 0 saturated carbocycles. The lowest BCUT2D eigenvalue weighted by molar-refractivity contribution is 0.346. The zero-order valence-electron chi connectivity index (χ0n) is 12.2. The van der Waals surface area contributed by atoms with Crippen molar-refractivity contribution in [2.75, 3.05) is 38.1 Å². The van der Waals surface area contributed by atoms with Crippen LogP contribution in [0.3, 0.4) is 0 Å². The first-order valence-electron chi connectivity index (χ1n) is 7.35. The molecule has 0 amide bonds. The van der Waals surface area contributed by atoms with Crippen molar-refractivity contribution >= 4 is 5.69 Å². The van der Waals surface area contributed by atoms with Crippen LogP contribution in [0.25, 0.3) is 0 Å². The average Bonchev–Trinajstić information content (AvgIpc) is 2.97. The quantitative estimate of drug-likeness (QED) is 0.852. The molecule has 4 heteroatoms. The SMILES string of the molecule is CC[C@H](N)c1ccc(N(C)CCN2CCCC2)cn1. The lowest BCUT2D eigenvalue weighted by Gasteiger charge is -2.23. The molecule has 1 fully saturated rings. The zero-order valence-corrected chi connectivity index (χ0v) is 12.2. The van der Waals surface area contributed by atoms with E-state index in [0.717, 1.165) is 25.2 Å². The van der Waals surface area contributed by atoms with Crippen LogP contribution in [-0.4, -0.2) is 43.1 Å². The average molecular weight is 262 g/mol. The molecular formula is C15H26N4. The Morgan fingerprint density at radius 2 is 2.11 bits per heavy atom. The second-order valence-corrected chi connectivity index (χ2v) is 5.43. The van der Waals surface area contributed by atoms with Crippen molar-refractivity contribution in [2.45, 2.75) is 32.2 Å². The minimum Gasteiger partial charge on any atom is -0.372 e. The number of aromatic nitrogens is 1. The number of likely N-dealkylation sites (N-methyl/N-ethyl adjacent to an activating group) is 1. The van der Waals surface area contributed by atoms with Crippen molar-refractivity contribution in [3.05, 3.63) is 24.0 Å². The molecule has 1 aliphatic heterocycles. The summed E-state index contributed by atoms with van der Waals surface area (Å²) in [7, 11) is 2.13. The maximum Gasteiger partial charge on any atom is 0.0572 e. The number of hydrogen-bond donors (Lipinski definition) is 1. The van der Waals surface area contributed by atoms with E-state index in [2.05, 4.69) is 40.9 Å². The van der Waals surface area contributed by atoms with Gasteiger partial charge in [0.2, 0.25) is 0 Å². The predicted octanol–water partition coefficient (Wildman–Crippen LogP) is 2.02. The van der Waals surface area contributed by atoms with Crippen LogP contribution < -0.4 is 10.6 Å². The van der Waals surface area contributed by atoms with Crippen LogP contribution in [0.15, 0.2) is 18.3 Å². The predicted molar refractivity (Wildman–Crippen MR) is 80.4 cm³/mol. The monoisotopic (exact) mass is 262 g/mol. The van der Waals surface area contributed by atoms with Crippen molar-refractivity contribution < 1.29 is 0 Å². The summed E-state index contributed by atoms with van der Waals surface area (Å²) in [6.45, 7) is 6.81. The van der Waals surface area contributed by atoms with E-state index in [1.165, 1.54) is 31.6 Å². The van der Waals surface area contributed by atoms with E-state index in [1.807, 2.05) is 6.20 Å². The first-order chi connectivity index (χ1) is 9.20. The molecule has 0 bridgehead atoms. The summed E-state index contributed by atoms with van der Waals surface area (Å²) in [5.74, 6) is 0. The van der Waals surface area contributed by atoms with Gasteiger partial charge in [-0.3, -0.25) is 4.98 Å². The summed E-state index contributed by atoms with van der Waals surface area (Å²) in [6, 6.07) is 4.24. The Morgan fingerprint density at radius 3 is 2.68 bits per heavy atom. The van der Waals surface area contributed by atoms with E-state index in [1.54, 1.807) is 0 Å². The summed E-state index contributed by atoms with van der Waals surface area (Å²) in [4.78, 5) is 9.27. The molecular weight excluding hydrogens is 236 g/mol. The van der Waals surface area contributed by atoms with Crippen LogP contribution in [0.2, 0.25) is 0 Å². The molecule has 106 valence electrons. The van der Waals surface area contributed by atoms with Crippen molar-refractivity contribution in [1.29, 1.82) is 0 Å². The molecule has 19 heavy (non-hydrogen) atoms. The third-order valence-electron chi connectivity index (χ3n) is 3.98. The van der Waals surface area contributed by atoms with Crippen molar-refractivity contribution in [3.63, 3.8) is 0 Å². The van der Waals surface area contributed by atoms with Gasteiger partial charge in [0, 0.05) is 26.2 Å². The van der Waals surface area contributed by atoms with E-state index >= 15 is 0 Å². The maximum absolute atomic E-state index is 5.98. The number of anilines is 1. The van der Waals surface area contributed by atoms with Gasteiger partial charge in [0.1, 0.15) is 0 Å². The Bertz CT molecular complexity index is 370. The molecule has 0 aromatic carbocycles. The fourth-order valence-corrected chi connectivity index (χ4v) is 2.48. The Balaban J connectivity index is 1.86. The van der Waals surface area contributed by atoms with Gasteiger partial charge in [-0.2, -0.15) is 0 Å². The minimum absolute atomic E-state index is 0.0592. The van der Waals surface area contributed by atoms with Gasteiger partial charge in [0.05, 0.1) is 17.6 Å². The van der Waals surface area contributed by atoms with Gasteiger partial charge in [-0.25, -0.2) is 0 Å². The lowest BCUT2D eigenvalue weighted by atomic mass is 10.1. The van der Waals surface area contributed by atoms with E-state index in [-0.39, 0.29) is 6.04 Å². The summed E-state index contributed by atoms with van der Waals surface area (Å²) in [5.41, 5.74) is 8.14. The van der Waals surface area contributed by atoms with Gasteiger partial charge >= 0.3 is 0 Å². The van der Waals surface area contributed by atoms with Crippen molar-refractivity contribution in [3.8, 4) is 0 Å². The Morgan fingerprint density at radius 1 is 1.37 bits per heavy atom. The molecule has 2 N–H and O–H groups in total. The third kappa shape index (κ3) is 3.91. The summed E-state index contributed by atoms with van der Waals surface area (Å²) in [6.07, 6.45) is 5.58. The molecule has 2 rings (SSSR count). The fourth-order valence-electron chi connectivity index (χ4n) is 2.48. The van der Waals surface area contributed by atoms with Gasteiger partial charge in [-0.15, -0.1) is 0 Å². The lowest BCUT2D eigenvalue weighted by Crippen LogP contribution is -2.31. The van der Waals surface area contributed by atoms with Crippen LogP contribution >= 0.6 is 0 Å². The van der Waals surface area contributed by atoms with Crippen LogP contribution in [0.4, 0.5) is 5.69 Å². The molecule has 1 atom stereocenters. The van der Waals surface area contributed by atoms with Gasteiger partial charge in [-0.1, -0.05) is 6.92 Å². The first kappa shape index (κ1) is 14.3. The molecule has 1 saturated heterocycles. The smallest absolute Gasteiger partial charge is 0.0572 e. The molecule has 0 spiro atoms. The van der Waals surface area contributed by atoms with Gasteiger partial charge < -0.3 is 15.5 Å².